The van der Waals surface area contributed by atoms with Crippen LogP contribution in [0.25, 0.3) is 0 Å². The summed E-state index contributed by atoms with van der Waals surface area (Å²) in [6.07, 6.45) is 4.26. The summed E-state index contributed by atoms with van der Waals surface area (Å²) in [6.45, 7) is 9.15. The number of pyridine rings is 1. The molecule has 3 rings (SSSR count). The number of aromatic nitrogens is 2. The van der Waals surface area contributed by atoms with Gasteiger partial charge in [0.1, 0.15) is 0 Å². The van der Waals surface area contributed by atoms with Gasteiger partial charge in [-0.05, 0) is 49.1 Å². The first kappa shape index (κ1) is 26.0. The maximum Gasteiger partial charge on any atom is 0.305 e. The Kier molecular flexibility index (Phi) is 8.70. The number of ether oxygens (including phenoxy) is 1. The number of nitro benzene ring substituents is 1. The minimum atomic E-state index is -0.909. The molecule has 8 nitrogen and oxygen atoms in total. The van der Waals surface area contributed by atoms with Crippen LogP contribution >= 0.6 is 0 Å². The van der Waals surface area contributed by atoms with Crippen LogP contribution in [0.2, 0.25) is 0 Å². The first-order chi connectivity index (χ1) is 16.7. The zero-order valence-corrected chi connectivity index (χ0v) is 20.5. The molecule has 0 saturated carbocycles. The molecule has 35 heavy (non-hydrogen) atoms. The van der Waals surface area contributed by atoms with Crippen molar-refractivity contribution < 1.29 is 18.8 Å². The van der Waals surface area contributed by atoms with Crippen LogP contribution in [-0.2, 0) is 24.2 Å². The maximum atomic E-state index is 13.7. The van der Waals surface area contributed by atoms with Crippen LogP contribution in [0.15, 0.2) is 48.8 Å². The fourth-order valence-electron chi connectivity index (χ4n) is 3.98. The van der Waals surface area contributed by atoms with Crippen molar-refractivity contribution in [3.63, 3.8) is 0 Å². The van der Waals surface area contributed by atoms with Crippen molar-refractivity contribution in [2.45, 2.75) is 59.2 Å². The highest BCUT2D eigenvalue weighted by Gasteiger charge is 2.23. The number of benzene rings is 1. The van der Waals surface area contributed by atoms with Crippen LogP contribution in [0.1, 0.15) is 66.5 Å². The molecule has 1 aromatic carbocycles. The number of nitrogens with zero attached hydrogens (tertiary/aromatic N) is 3. The van der Waals surface area contributed by atoms with Gasteiger partial charge in [0.15, 0.2) is 0 Å². The molecule has 2 heterocycles. The number of carbonyl (C=O) groups excluding carboxylic acids is 1. The van der Waals surface area contributed by atoms with Crippen LogP contribution in [-0.4, -0.2) is 33.1 Å². The number of nitro groups is 1. The first-order valence-electron chi connectivity index (χ1n) is 11.6. The fourth-order valence-corrected chi connectivity index (χ4v) is 3.98. The summed E-state index contributed by atoms with van der Waals surface area (Å²) in [5.41, 5.74) is 3.24. The van der Waals surface area contributed by atoms with Gasteiger partial charge in [0.2, 0.25) is 5.82 Å². The van der Waals surface area contributed by atoms with Gasteiger partial charge >= 0.3 is 5.69 Å². The lowest BCUT2D eigenvalue weighted by atomic mass is 10.0. The van der Waals surface area contributed by atoms with Gasteiger partial charge in [-0.3, -0.25) is 19.9 Å². The van der Waals surface area contributed by atoms with Gasteiger partial charge in [-0.1, -0.05) is 26.0 Å². The van der Waals surface area contributed by atoms with Gasteiger partial charge in [-0.2, -0.15) is 4.39 Å². The molecule has 0 saturated heterocycles. The lowest BCUT2D eigenvalue weighted by Crippen LogP contribution is -2.24. The van der Waals surface area contributed by atoms with Gasteiger partial charge in [0, 0.05) is 49.4 Å². The number of rotatable bonds is 11. The van der Waals surface area contributed by atoms with E-state index in [-0.39, 0.29) is 24.5 Å². The summed E-state index contributed by atoms with van der Waals surface area (Å²) in [5, 5.41) is 13.9. The monoisotopic (exact) mass is 482 g/mol. The molecule has 186 valence electrons. The Morgan fingerprint density at radius 3 is 2.60 bits per heavy atom. The van der Waals surface area contributed by atoms with E-state index < -0.39 is 16.4 Å². The highest BCUT2D eigenvalue weighted by atomic mass is 19.1. The third-order valence-corrected chi connectivity index (χ3v) is 5.55. The van der Waals surface area contributed by atoms with E-state index in [4.69, 9.17) is 4.74 Å². The Labute approximate surface area is 204 Å². The third kappa shape index (κ3) is 6.73. The molecule has 1 amide bonds. The highest BCUT2D eigenvalue weighted by molar-refractivity contribution is 5.96. The summed E-state index contributed by atoms with van der Waals surface area (Å²) in [6, 6.07) is 9.36. The van der Waals surface area contributed by atoms with Gasteiger partial charge in [0.05, 0.1) is 23.2 Å². The molecule has 0 bridgehead atoms. The summed E-state index contributed by atoms with van der Waals surface area (Å²) in [7, 11) is 0. The average Bonchev–Trinajstić information content (AvgIpc) is 3.17. The zero-order chi connectivity index (χ0) is 25.5. The van der Waals surface area contributed by atoms with E-state index in [1.54, 1.807) is 12.4 Å². The summed E-state index contributed by atoms with van der Waals surface area (Å²) < 4.78 is 21.6. The highest BCUT2D eigenvalue weighted by Crippen LogP contribution is 2.26. The summed E-state index contributed by atoms with van der Waals surface area (Å²) >= 11 is 0. The van der Waals surface area contributed by atoms with Crippen molar-refractivity contribution in [3.8, 4) is 0 Å². The second-order valence-electron chi connectivity index (χ2n) is 8.93. The van der Waals surface area contributed by atoms with Crippen molar-refractivity contribution in [2.75, 3.05) is 6.61 Å². The van der Waals surface area contributed by atoms with Crippen LogP contribution in [0, 0.1) is 15.9 Å². The average molecular weight is 483 g/mol. The van der Waals surface area contributed by atoms with Crippen molar-refractivity contribution in [3.05, 3.63) is 92.8 Å². The predicted molar refractivity (Wildman–Crippen MR) is 131 cm³/mol. The molecule has 0 fully saturated rings. The van der Waals surface area contributed by atoms with Crippen LogP contribution < -0.4 is 5.32 Å². The largest absolute Gasteiger partial charge is 0.378 e. The number of halogens is 1. The SMILES string of the molecule is CC(C)OCCc1cc(C(=O)NCc2ccc(F)c([N+](=O)[O-])c2)c(C(C)C)n1Cc1cccnc1. The summed E-state index contributed by atoms with van der Waals surface area (Å²) in [4.78, 5) is 27.7. The molecule has 9 heteroatoms. The van der Waals surface area contributed by atoms with E-state index in [9.17, 15) is 19.3 Å². The third-order valence-electron chi connectivity index (χ3n) is 5.55. The molecular weight excluding hydrogens is 451 g/mol. The number of hydrogen-bond acceptors (Lipinski definition) is 5. The molecule has 0 spiro atoms. The minimum absolute atomic E-state index is 0.0388. The molecule has 0 aliphatic carbocycles. The molecular formula is C26H31FN4O4. The second kappa shape index (κ2) is 11.7. The molecule has 0 aliphatic rings. The maximum absolute atomic E-state index is 13.7. The van der Waals surface area contributed by atoms with E-state index in [0.29, 0.717) is 30.7 Å². The summed E-state index contributed by atoms with van der Waals surface area (Å²) in [5.74, 6) is -1.15. The Morgan fingerprint density at radius 1 is 1.20 bits per heavy atom. The van der Waals surface area contributed by atoms with Crippen LogP contribution in [0.5, 0.6) is 0 Å². The van der Waals surface area contributed by atoms with Gasteiger partial charge in [-0.15, -0.1) is 0 Å². The van der Waals surface area contributed by atoms with Crippen molar-refractivity contribution in [1.82, 2.24) is 14.9 Å². The molecule has 2 aromatic heterocycles. The van der Waals surface area contributed by atoms with Crippen molar-refractivity contribution in [1.29, 1.82) is 0 Å². The molecule has 0 aliphatic heterocycles. The molecule has 0 radical (unpaired) electrons. The number of carbonyl (C=O) groups is 1. The second-order valence-corrected chi connectivity index (χ2v) is 8.93. The van der Waals surface area contributed by atoms with E-state index in [1.807, 2.05) is 45.9 Å². The molecule has 0 unspecified atom stereocenters. The predicted octanol–water partition coefficient (Wildman–Crippen LogP) is 5.00. The molecule has 1 N–H and O–H groups in total. The number of nitrogens with one attached hydrogen (secondary N) is 1. The topological polar surface area (TPSA) is 99.3 Å². The van der Waals surface area contributed by atoms with E-state index in [1.165, 1.54) is 6.07 Å². The van der Waals surface area contributed by atoms with E-state index in [0.717, 1.165) is 29.1 Å². The van der Waals surface area contributed by atoms with E-state index >= 15 is 0 Å². The lowest BCUT2D eigenvalue weighted by Gasteiger charge is -2.17. The minimum Gasteiger partial charge on any atom is -0.378 e. The van der Waals surface area contributed by atoms with Crippen molar-refractivity contribution in [2.24, 2.45) is 0 Å². The van der Waals surface area contributed by atoms with Crippen molar-refractivity contribution >= 4 is 11.6 Å². The zero-order valence-electron chi connectivity index (χ0n) is 20.5. The quantitative estimate of drug-likeness (QED) is 0.306. The van der Waals surface area contributed by atoms with E-state index in [2.05, 4.69) is 14.9 Å². The van der Waals surface area contributed by atoms with Gasteiger partial charge in [0.25, 0.3) is 5.91 Å². The molecule has 3 aromatic rings. The normalized spacial score (nSPS) is 11.3. The Morgan fingerprint density at radius 2 is 1.97 bits per heavy atom. The number of amides is 1. The standard InChI is InChI=1S/C26H31FN4O4/c1-17(2)25-22(26(32)29-15-19-7-8-23(27)24(12-19)31(33)34)13-21(9-11-35-18(3)4)30(25)16-20-6-5-10-28-14-20/h5-8,10,12-14,17-18H,9,11,15-16H2,1-4H3,(H,29,32). The molecule has 0 atom stereocenters. The fraction of sp³-hybridized carbons (Fsp3) is 0.385. The van der Waals surface area contributed by atoms with Crippen LogP contribution in [0.3, 0.4) is 0 Å². The first-order valence-corrected chi connectivity index (χ1v) is 11.6. The smallest absolute Gasteiger partial charge is 0.305 e. The lowest BCUT2D eigenvalue weighted by molar-refractivity contribution is -0.387. The number of hydrogen-bond donors (Lipinski definition) is 1. The Balaban J connectivity index is 1.90. The Hall–Kier alpha value is -3.59. The van der Waals surface area contributed by atoms with Gasteiger partial charge in [-0.25, -0.2) is 0 Å². The Bertz CT molecular complexity index is 1180. The van der Waals surface area contributed by atoms with Crippen LogP contribution in [0.4, 0.5) is 10.1 Å². The van der Waals surface area contributed by atoms with Gasteiger partial charge < -0.3 is 14.6 Å².